The summed E-state index contributed by atoms with van der Waals surface area (Å²) in [5.74, 6) is -0.0838. The van der Waals surface area contributed by atoms with Gasteiger partial charge in [0.25, 0.3) is 5.91 Å². The van der Waals surface area contributed by atoms with Crippen molar-refractivity contribution in [2.45, 2.75) is 31.5 Å². The second-order valence-corrected chi connectivity index (χ2v) is 7.42. The molecule has 2 unspecified atom stereocenters. The quantitative estimate of drug-likeness (QED) is 0.894. The van der Waals surface area contributed by atoms with Gasteiger partial charge in [0.15, 0.2) is 0 Å². The van der Waals surface area contributed by atoms with Crippen molar-refractivity contribution in [3.05, 3.63) is 41.0 Å². The van der Waals surface area contributed by atoms with Crippen molar-refractivity contribution in [1.82, 2.24) is 9.88 Å². The Morgan fingerprint density at radius 1 is 1.32 bits per heavy atom. The topological polar surface area (TPSA) is 62.7 Å². The number of piperidine rings is 1. The maximum atomic E-state index is 12.8. The van der Waals surface area contributed by atoms with Gasteiger partial charge < -0.3 is 14.7 Å². The minimum atomic E-state index is -0.327. The molecular formula is C19H21ClN2O3. The van der Waals surface area contributed by atoms with Gasteiger partial charge in [0.2, 0.25) is 0 Å². The number of benzene rings is 1. The number of hydrogen-bond donors (Lipinski definition) is 1. The minimum Gasteiger partial charge on any atom is -0.392 e. The van der Waals surface area contributed by atoms with Gasteiger partial charge in [0.05, 0.1) is 22.7 Å². The zero-order chi connectivity index (χ0) is 17.6. The first-order chi connectivity index (χ1) is 12.0. The van der Waals surface area contributed by atoms with Crippen LogP contribution in [0.4, 0.5) is 0 Å². The van der Waals surface area contributed by atoms with Crippen LogP contribution in [0.15, 0.2) is 30.3 Å². The van der Waals surface area contributed by atoms with E-state index in [1.807, 2.05) is 23.1 Å². The maximum Gasteiger partial charge on any atom is 0.272 e. The molecule has 1 aromatic carbocycles. The lowest BCUT2D eigenvalue weighted by Gasteiger charge is -2.56. The summed E-state index contributed by atoms with van der Waals surface area (Å²) in [5, 5.41) is 11.7. The molecular weight excluding hydrogens is 340 g/mol. The fourth-order valence-electron chi connectivity index (χ4n) is 4.23. The first-order valence-corrected chi connectivity index (χ1v) is 8.98. The number of ether oxygens (including phenoxy) is 1. The summed E-state index contributed by atoms with van der Waals surface area (Å²) in [6.45, 7) is 1.22. The molecule has 1 aromatic heterocycles. The Bertz CT molecular complexity index is 817. The zero-order valence-electron chi connectivity index (χ0n) is 14.1. The van der Waals surface area contributed by atoms with E-state index in [-0.39, 0.29) is 23.5 Å². The fourth-order valence-corrected chi connectivity index (χ4v) is 4.45. The van der Waals surface area contributed by atoms with E-state index in [9.17, 15) is 9.90 Å². The van der Waals surface area contributed by atoms with E-state index in [4.69, 9.17) is 16.3 Å². The Labute approximate surface area is 151 Å². The largest absolute Gasteiger partial charge is 0.392 e. The first kappa shape index (κ1) is 16.8. The molecule has 1 spiro atoms. The number of methoxy groups -OCH3 is 1. The van der Waals surface area contributed by atoms with Crippen molar-refractivity contribution in [3.63, 3.8) is 0 Å². The molecule has 6 heteroatoms. The summed E-state index contributed by atoms with van der Waals surface area (Å²) in [4.78, 5) is 19.1. The number of nitrogens with zero attached hydrogens (tertiary/aromatic N) is 2. The molecule has 0 bridgehead atoms. The molecule has 132 valence electrons. The highest BCUT2D eigenvalue weighted by atomic mass is 35.5. The van der Waals surface area contributed by atoms with Crippen LogP contribution in [0, 0.1) is 5.41 Å². The third-order valence-corrected chi connectivity index (χ3v) is 6.20. The van der Waals surface area contributed by atoms with E-state index in [0.717, 1.165) is 18.2 Å². The molecule has 2 aliphatic rings. The van der Waals surface area contributed by atoms with Crippen LogP contribution in [0.25, 0.3) is 10.9 Å². The summed E-state index contributed by atoms with van der Waals surface area (Å²) in [6.07, 6.45) is 1.97. The van der Waals surface area contributed by atoms with E-state index < -0.39 is 0 Å². The molecule has 0 radical (unpaired) electrons. The van der Waals surface area contributed by atoms with Gasteiger partial charge in [-0.25, -0.2) is 4.98 Å². The highest BCUT2D eigenvalue weighted by Crippen LogP contribution is 2.50. The van der Waals surface area contributed by atoms with Crippen molar-refractivity contribution in [2.75, 3.05) is 20.2 Å². The van der Waals surface area contributed by atoms with E-state index in [1.54, 1.807) is 19.2 Å². The number of fused-ring (bicyclic) bond motifs is 1. The molecule has 2 aromatic rings. The summed E-state index contributed by atoms with van der Waals surface area (Å²) < 4.78 is 5.50. The number of hydrogen-bond acceptors (Lipinski definition) is 4. The molecule has 25 heavy (non-hydrogen) atoms. The van der Waals surface area contributed by atoms with Gasteiger partial charge in [-0.15, -0.1) is 0 Å². The lowest BCUT2D eigenvalue weighted by molar-refractivity contribution is -0.199. The number of aliphatic hydroxyl groups is 1. The smallest absolute Gasteiger partial charge is 0.272 e. The van der Waals surface area contributed by atoms with Crippen molar-refractivity contribution < 1.29 is 14.6 Å². The normalized spacial score (nSPS) is 25.2. The van der Waals surface area contributed by atoms with Gasteiger partial charge in [-0.05, 0) is 25.0 Å². The Kier molecular flexibility index (Phi) is 4.18. The average Bonchev–Trinajstić information content (AvgIpc) is 2.65. The summed E-state index contributed by atoms with van der Waals surface area (Å²) in [7, 11) is 1.69. The van der Waals surface area contributed by atoms with E-state index in [0.29, 0.717) is 35.7 Å². The van der Waals surface area contributed by atoms with Crippen molar-refractivity contribution in [3.8, 4) is 0 Å². The second-order valence-electron chi connectivity index (χ2n) is 7.01. The summed E-state index contributed by atoms with van der Waals surface area (Å²) in [6, 6.07) is 9.20. The van der Waals surface area contributed by atoms with Crippen molar-refractivity contribution in [1.29, 1.82) is 0 Å². The minimum absolute atomic E-state index is 0.0838. The Balaban J connectivity index is 1.52. The number of likely N-dealkylation sites (tertiary alicyclic amines) is 1. The number of carbonyl (C=O) groups is 1. The molecule has 4 rings (SSSR count). The van der Waals surface area contributed by atoms with Gasteiger partial charge in [0, 0.05) is 37.4 Å². The van der Waals surface area contributed by atoms with Crippen LogP contribution in [0.3, 0.4) is 0 Å². The fraction of sp³-hybridized carbons (Fsp3) is 0.474. The van der Waals surface area contributed by atoms with Gasteiger partial charge in [-0.2, -0.15) is 0 Å². The third kappa shape index (κ3) is 2.62. The molecule has 2 fully saturated rings. The van der Waals surface area contributed by atoms with E-state index in [2.05, 4.69) is 4.98 Å². The average molecular weight is 361 g/mol. The number of aliphatic hydroxyl groups excluding tert-OH is 1. The third-order valence-electron chi connectivity index (χ3n) is 5.90. The molecule has 1 N–H and O–H groups in total. The van der Waals surface area contributed by atoms with Crippen LogP contribution in [0.5, 0.6) is 0 Å². The van der Waals surface area contributed by atoms with Gasteiger partial charge >= 0.3 is 0 Å². The first-order valence-electron chi connectivity index (χ1n) is 8.60. The number of rotatable bonds is 2. The Hall–Kier alpha value is -1.69. The van der Waals surface area contributed by atoms with Crippen molar-refractivity contribution >= 4 is 28.4 Å². The van der Waals surface area contributed by atoms with Gasteiger partial charge in [-0.1, -0.05) is 29.8 Å². The predicted molar refractivity (Wildman–Crippen MR) is 95.7 cm³/mol. The lowest BCUT2D eigenvalue weighted by atomic mass is 9.58. The maximum absolute atomic E-state index is 12.8. The van der Waals surface area contributed by atoms with E-state index >= 15 is 0 Å². The number of pyridine rings is 1. The molecule has 1 saturated heterocycles. The SMILES string of the molecule is COC1CC(O)C12CCN(C(=O)c1ccc3cccc(Cl)c3n1)CC2. The Morgan fingerprint density at radius 3 is 2.76 bits per heavy atom. The highest BCUT2D eigenvalue weighted by Gasteiger charge is 2.56. The zero-order valence-corrected chi connectivity index (χ0v) is 14.9. The van der Waals surface area contributed by atoms with Crippen LogP contribution in [0.2, 0.25) is 5.02 Å². The van der Waals surface area contributed by atoms with Crippen LogP contribution >= 0.6 is 11.6 Å². The number of halogens is 1. The van der Waals surface area contributed by atoms with E-state index in [1.165, 1.54) is 0 Å². The van der Waals surface area contributed by atoms with Crippen LogP contribution in [0.1, 0.15) is 29.8 Å². The predicted octanol–water partition coefficient (Wildman–Crippen LogP) is 2.89. The molecule has 5 nitrogen and oxygen atoms in total. The molecule has 1 amide bonds. The van der Waals surface area contributed by atoms with Crippen LogP contribution in [-0.2, 0) is 4.74 Å². The number of para-hydroxylation sites is 1. The lowest BCUT2D eigenvalue weighted by Crippen LogP contribution is -2.62. The molecule has 1 saturated carbocycles. The number of aromatic nitrogens is 1. The standard InChI is InChI=1S/C19H21ClN2O3/c1-25-16-11-15(23)19(16)7-9-22(10-8-19)18(24)14-6-5-12-3-2-4-13(20)17(12)21-14/h2-6,15-16,23H,7-11H2,1H3. The van der Waals surface area contributed by atoms with Crippen LogP contribution in [-0.4, -0.2) is 53.3 Å². The summed E-state index contributed by atoms with van der Waals surface area (Å²) >= 11 is 6.20. The Morgan fingerprint density at radius 2 is 2.08 bits per heavy atom. The van der Waals surface area contributed by atoms with Crippen LogP contribution < -0.4 is 0 Å². The number of amides is 1. The molecule has 1 aliphatic carbocycles. The second kappa shape index (κ2) is 6.24. The van der Waals surface area contributed by atoms with Gasteiger partial charge in [0.1, 0.15) is 5.69 Å². The van der Waals surface area contributed by atoms with Crippen molar-refractivity contribution in [2.24, 2.45) is 5.41 Å². The monoisotopic (exact) mass is 360 g/mol. The van der Waals surface area contributed by atoms with Gasteiger partial charge in [-0.3, -0.25) is 4.79 Å². The highest BCUT2D eigenvalue weighted by molar-refractivity contribution is 6.35. The molecule has 1 aliphatic heterocycles. The molecule has 2 heterocycles. The summed E-state index contributed by atoms with van der Waals surface area (Å²) in [5.41, 5.74) is 0.873. The number of carbonyl (C=O) groups excluding carboxylic acids is 1. The molecule has 2 atom stereocenters.